The van der Waals surface area contributed by atoms with Gasteiger partial charge in [0.25, 0.3) is 0 Å². The molecule has 2 aromatic rings. The van der Waals surface area contributed by atoms with Gasteiger partial charge >= 0.3 is 0 Å². The molecule has 0 saturated heterocycles. The molecule has 0 fully saturated rings. The smallest absolute Gasteiger partial charge is 0.221 e. The number of hydrogen-bond acceptors (Lipinski definition) is 2. The Bertz CT molecular complexity index is 530. The van der Waals surface area contributed by atoms with Crippen molar-refractivity contribution in [3.63, 3.8) is 0 Å². The lowest BCUT2D eigenvalue weighted by molar-refractivity contribution is -0.114. The van der Waals surface area contributed by atoms with Crippen LogP contribution in [0.15, 0.2) is 48.5 Å². The standard InChI is InChI=1S/C9H11NO.C8H10O/c1-7-3-5-9(6-4-7)10-8(2)11;1-7-3-5-8(9-2)6-4-7/h3-6H,1-2H3,(H,10,11);3-6H,1-2H3. The molecule has 0 bridgehead atoms. The second-order valence-corrected chi connectivity index (χ2v) is 4.56. The van der Waals surface area contributed by atoms with Crippen LogP contribution in [0.2, 0.25) is 0 Å². The molecule has 106 valence electrons. The van der Waals surface area contributed by atoms with Crippen molar-refractivity contribution in [2.24, 2.45) is 0 Å². The minimum atomic E-state index is -0.0335. The number of rotatable bonds is 2. The summed E-state index contributed by atoms with van der Waals surface area (Å²) in [6.45, 7) is 5.57. The van der Waals surface area contributed by atoms with Crippen LogP contribution in [-0.2, 0) is 4.79 Å². The maximum Gasteiger partial charge on any atom is 0.221 e. The van der Waals surface area contributed by atoms with E-state index in [1.807, 2.05) is 55.5 Å². The van der Waals surface area contributed by atoms with E-state index in [4.69, 9.17) is 4.74 Å². The van der Waals surface area contributed by atoms with Crippen molar-refractivity contribution in [2.75, 3.05) is 12.4 Å². The fraction of sp³-hybridized carbons (Fsp3) is 0.235. The molecule has 0 unspecified atom stereocenters. The van der Waals surface area contributed by atoms with E-state index < -0.39 is 0 Å². The summed E-state index contributed by atoms with van der Waals surface area (Å²) < 4.78 is 4.97. The van der Waals surface area contributed by atoms with Crippen LogP contribution >= 0.6 is 0 Å². The monoisotopic (exact) mass is 271 g/mol. The van der Waals surface area contributed by atoms with Gasteiger partial charge in [-0.2, -0.15) is 0 Å². The first-order valence-electron chi connectivity index (χ1n) is 6.46. The molecule has 0 saturated carbocycles. The predicted octanol–water partition coefficient (Wildman–Crippen LogP) is 3.96. The topological polar surface area (TPSA) is 38.3 Å². The van der Waals surface area contributed by atoms with Gasteiger partial charge in [0.1, 0.15) is 5.75 Å². The number of hydrogen-bond donors (Lipinski definition) is 1. The Morgan fingerprint density at radius 3 is 1.75 bits per heavy atom. The summed E-state index contributed by atoms with van der Waals surface area (Å²) in [6.07, 6.45) is 0. The Morgan fingerprint density at radius 2 is 1.35 bits per heavy atom. The number of benzene rings is 2. The number of aryl methyl sites for hydroxylation is 2. The van der Waals surface area contributed by atoms with E-state index in [2.05, 4.69) is 12.2 Å². The van der Waals surface area contributed by atoms with Gasteiger partial charge < -0.3 is 10.1 Å². The summed E-state index contributed by atoms with van der Waals surface area (Å²) >= 11 is 0. The van der Waals surface area contributed by atoms with E-state index in [1.165, 1.54) is 18.1 Å². The molecule has 0 aromatic heterocycles. The van der Waals surface area contributed by atoms with Crippen molar-refractivity contribution >= 4 is 11.6 Å². The third-order valence-electron chi connectivity index (χ3n) is 2.63. The van der Waals surface area contributed by atoms with Gasteiger partial charge in [-0.3, -0.25) is 4.79 Å². The van der Waals surface area contributed by atoms with Gasteiger partial charge in [0.05, 0.1) is 7.11 Å². The molecule has 0 aliphatic heterocycles. The highest BCUT2D eigenvalue weighted by molar-refractivity contribution is 5.88. The molecule has 0 radical (unpaired) electrons. The molecule has 1 N–H and O–H groups in total. The molecule has 2 rings (SSSR count). The molecular formula is C17H21NO2. The zero-order valence-corrected chi connectivity index (χ0v) is 12.4. The Hall–Kier alpha value is -2.29. The summed E-state index contributed by atoms with van der Waals surface area (Å²) in [5, 5.41) is 2.69. The molecule has 1 amide bonds. The highest BCUT2D eigenvalue weighted by Gasteiger charge is 1.92. The Balaban J connectivity index is 0.000000204. The van der Waals surface area contributed by atoms with Crippen molar-refractivity contribution in [1.82, 2.24) is 0 Å². The molecule has 20 heavy (non-hydrogen) atoms. The zero-order chi connectivity index (χ0) is 15.0. The number of anilines is 1. The Labute approximate surface area is 120 Å². The fourth-order valence-corrected chi connectivity index (χ4v) is 1.51. The minimum Gasteiger partial charge on any atom is -0.497 e. The highest BCUT2D eigenvalue weighted by Crippen LogP contribution is 2.09. The molecular weight excluding hydrogens is 250 g/mol. The third-order valence-corrected chi connectivity index (χ3v) is 2.63. The van der Waals surface area contributed by atoms with Gasteiger partial charge in [-0.05, 0) is 38.1 Å². The van der Waals surface area contributed by atoms with E-state index in [9.17, 15) is 4.79 Å². The van der Waals surface area contributed by atoms with Crippen LogP contribution in [0.25, 0.3) is 0 Å². The van der Waals surface area contributed by atoms with E-state index >= 15 is 0 Å². The number of carbonyl (C=O) groups is 1. The van der Waals surface area contributed by atoms with Crippen LogP contribution in [0.4, 0.5) is 5.69 Å². The van der Waals surface area contributed by atoms with E-state index in [0.29, 0.717) is 0 Å². The van der Waals surface area contributed by atoms with Gasteiger partial charge in [-0.1, -0.05) is 35.4 Å². The van der Waals surface area contributed by atoms with Crippen LogP contribution in [0.3, 0.4) is 0 Å². The molecule has 0 heterocycles. The van der Waals surface area contributed by atoms with Crippen LogP contribution in [0.1, 0.15) is 18.1 Å². The number of methoxy groups -OCH3 is 1. The first kappa shape index (κ1) is 15.8. The normalized spacial score (nSPS) is 9.20. The summed E-state index contributed by atoms with van der Waals surface area (Å²) in [5.41, 5.74) is 3.30. The summed E-state index contributed by atoms with van der Waals surface area (Å²) in [6, 6.07) is 15.7. The van der Waals surface area contributed by atoms with Crippen molar-refractivity contribution < 1.29 is 9.53 Å². The fourth-order valence-electron chi connectivity index (χ4n) is 1.51. The molecule has 0 aliphatic carbocycles. The molecule has 3 heteroatoms. The van der Waals surface area contributed by atoms with E-state index in [0.717, 1.165) is 11.4 Å². The van der Waals surface area contributed by atoms with Crippen molar-refractivity contribution in [1.29, 1.82) is 0 Å². The van der Waals surface area contributed by atoms with Gasteiger partial charge in [0.2, 0.25) is 5.91 Å². The van der Waals surface area contributed by atoms with Crippen LogP contribution < -0.4 is 10.1 Å². The second kappa shape index (κ2) is 8.00. The highest BCUT2D eigenvalue weighted by atomic mass is 16.5. The zero-order valence-electron chi connectivity index (χ0n) is 12.4. The lowest BCUT2D eigenvalue weighted by Gasteiger charge is -2.00. The van der Waals surface area contributed by atoms with Crippen molar-refractivity contribution in [2.45, 2.75) is 20.8 Å². The van der Waals surface area contributed by atoms with Crippen molar-refractivity contribution in [3.05, 3.63) is 59.7 Å². The Morgan fingerprint density at radius 1 is 0.900 bits per heavy atom. The van der Waals surface area contributed by atoms with Crippen LogP contribution in [0, 0.1) is 13.8 Å². The second-order valence-electron chi connectivity index (χ2n) is 4.56. The van der Waals surface area contributed by atoms with Crippen molar-refractivity contribution in [3.8, 4) is 5.75 Å². The quantitative estimate of drug-likeness (QED) is 0.898. The SMILES string of the molecule is CC(=O)Nc1ccc(C)cc1.COc1ccc(C)cc1. The molecule has 0 aliphatic rings. The lowest BCUT2D eigenvalue weighted by Crippen LogP contribution is -2.05. The number of ether oxygens (including phenoxy) is 1. The van der Waals surface area contributed by atoms with Crippen LogP contribution in [0.5, 0.6) is 5.75 Å². The number of nitrogens with one attached hydrogen (secondary N) is 1. The first-order valence-corrected chi connectivity index (χ1v) is 6.46. The maximum atomic E-state index is 10.6. The summed E-state index contributed by atoms with van der Waals surface area (Å²) in [4.78, 5) is 10.6. The lowest BCUT2D eigenvalue weighted by atomic mass is 10.2. The Kier molecular flexibility index (Phi) is 6.30. The maximum absolute atomic E-state index is 10.6. The average Bonchev–Trinajstić information content (AvgIpc) is 2.43. The summed E-state index contributed by atoms with van der Waals surface area (Å²) in [5.74, 6) is 0.884. The molecule has 0 atom stereocenters. The van der Waals surface area contributed by atoms with E-state index in [1.54, 1.807) is 7.11 Å². The predicted molar refractivity (Wildman–Crippen MR) is 83.2 cm³/mol. The summed E-state index contributed by atoms with van der Waals surface area (Å²) in [7, 11) is 1.67. The largest absolute Gasteiger partial charge is 0.497 e. The first-order chi connectivity index (χ1) is 9.51. The molecule has 3 nitrogen and oxygen atoms in total. The van der Waals surface area contributed by atoms with Crippen LogP contribution in [-0.4, -0.2) is 13.0 Å². The van der Waals surface area contributed by atoms with Gasteiger partial charge in [0, 0.05) is 12.6 Å². The van der Waals surface area contributed by atoms with E-state index in [-0.39, 0.29) is 5.91 Å². The van der Waals surface area contributed by atoms with Gasteiger partial charge in [-0.15, -0.1) is 0 Å². The average molecular weight is 271 g/mol. The van der Waals surface area contributed by atoms with Gasteiger partial charge in [-0.25, -0.2) is 0 Å². The third kappa shape index (κ3) is 6.05. The minimum absolute atomic E-state index is 0.0335. The molecule has 0 spiro atoms. The number of carbonyl (C=O) groups excluding carboxylic acids is 1. The molecule has 2 aromatic carbocycles. The number of amides is 1. The van der Waals surface area contributed by atoms with Gasteiger partial charge in [0.15, 0.2) is 0 Å².